The van der Waals surface area contributed by atoms with Crippen LogP contribution in [-0.4, -0.2) is 23.9 Å². The van der Waals surface area contributed by atoms with Crippen molar-refractivity contribution >= 4 is 0 Å². The Balaban J connectivity index is 3.21. The Morgan fingerprint density at radius 3 is 1.63 bits per heavy atom. The van der Waals surface area contributed by atoms with Crippen LogP contribution in [0.2, 0.25) is 0 Å². The van der Waals surface area contributed by atoms with Crippen molar-refractivity contribution in [3.63, 3.8) is 0 Å². The predicted octanol–water partition coefficient (Wildman–Crippen LogP) is 4.96. The number of allylic oxidation sites excluding steroid dienone is 2. The van der Waals surface area contributed by atoms with Crippen LogP contribution in [0, 0.1) is 0 Å². The van der Waals surface area contributed by atoms with Gasteiger partial charge in [0.2, 0.25) is 0 Å². The molecule has 0 spiro atoms. The average Bonchev–Trinajstić information content (AvgIpc) is 2.28. The highest BCUT2D eigenvalue weighted by Gasteiger charge is 2.82. The minimum Gasteiger partial charge on any atom is -0.194 e. The van der Waals surface area contributed by atoms with Crippen molar-refractivity contribution in [1.82, 2.24) is 0 Å². The molecule has 0 nitrogen and oxygen atoms in total. The van der Waals surface area contributed by atoms with Gasteiger partial charge in [-0.2, -0.15) is 39.5 Å². The Hall–Kier alpha value is -0.890. The first-order chi connectivity index (χ1) is 8.36. The molecule has 0 radical (unpaired) electrons. The summed E-state index contributed by atoms with van der Waals surface area (Å²) in [5.41, 5.74) is -1.37. The van der Waals surface area contributed by atoms with E-state index in [1.165, 1.54) is 0 Å². The maximum absolute atomic E-state index is 13.3. The van der Waals surface area contributed by atoms with Crippen molar-refractivity contribution in [1.29, 1.82) is 0 Å². The van der Waals surface area contributed by atoms with E-state index in [1.54, 1.807) is 0 Å². The minimum atomic E-state index is -6.80. The van der Waals surface area contributed by atoms with Crippen LogP contribution >= 0.6 is 0 Å². The van der Waals surface area contributed by atoms with Gasteiger partial charge in [-0.15, -0.1) is 0 Å². The first-order valence-corrected chi connectivity index (χ1v) is 5.25. The smallest absolute Gasteiger partial charge is 0.194 e. The molecule has 0 aromatic heterocycles. The summed E-state index contributed by atoms with van der Waals surface area (Å²) in [4.78, 5) is 0. The summed E-state index contributed by atoms with van der Waals surface area (Å²) >= 11 is 0. The standard InChI is InChI=1S/C10H9F9/c11-7(12,6-4-2-1-3-5-6)8(13,14)9(15,16)10(17,18)19/h4H,1-3,5H2. The quantitative estimate of drug-likeness (QED) is 0.511. The zero-order valence-electron chi connectivity index (χ0n) is 9.31. The SMILES string of the molecule is FC(F)(F)C(F)(F)C(F)(F)C(F)(F)C1=CCCCC1. The normalized spacial score (nSPS) is 19.3. The van der Waals surface area contributed by atoms with Crippen LogP contribution in [0.15, 0.2) is 11.6 Å². The van der Waals surface area contributed by atoms with E-state index in [2.05, 4.69) is 0 Å². The second-order valence-electron chi connectivity index (χ2n) is 4.20. The summed E-state index contributed by atoms with van der Waals surface area (Å²) < 4.78 is 113. The largest absolute Gasteiger partial charge is 0.460 e. The Morgan fingerprint density at radius 2 is 1.26 bits per heavy atom. The van der Waals surface area contributed by atoms with E-state index in [4.69, 9.17) is 0 Å². The maximum atomic E-state index is 13.3. The molecule has 9 heteroatoms. The highest BCUT2D eigenvalue weighted by molar-refractivity contribution is 5.22. The fraction of sp³-hybridized carbons (Fsp3) is 0.800. The van der Waals surface area contributed by atoms with Crippen LogP contribution in [0.3, 0.4) is 0 Å². The topological polar surface area (TPSA) is 0 Å². The third-order valence-electron chi connectivity index (χ3n) is 2.84. The van der Waals surface area contributed by atoms with E-state index in [0.717, 1.165) is 0 Å². The molecule has 0 amide bonds. The Bertz CT molecular complexity index is 364. The van der Waals surface area contributed by atoms with E-state index in [-0.39, 0.29) is 12.8 Å². The van der Waals surface area contributed by atoms with Crippen molar-refractivity contribution in [3.05, 3.63) is 11.6 Å². The molecule has 0 fully saturated rings. The van der Waals surface area contributed by atoms with Crippen LogP contribution in [0.1, 0.15) is 25.7 Å². The van der Waals surface area contributed by atoms with Gasteiger partial charge in [0.1, 0.15) is 0 Å². The molecule has 0 heterocycles. The predicted molar refractivity (Wildman–Crippen MR) is 47.4 cm³/mol. The summed E-state index contributed by atoms with van der Waals surface area (Å²) in [6.07, 6.45) is -6.41. The number of halogens is 9. The zero-order chi connectivity index (χ0) is 15.1. The zero-order valence-corrected chi connectivity index (χ0v) is 9.31. The van der Waals surface area contributed by atoms with E-state index < -0.39 is 35.9 Å². The molecule has 1 aliphatic carbocycles. The lowest BCUT2D eigenvalue weighted by molar-refractivity contribution is -0.390. The monoisotopic (exact) mass is 300 g/mol. The molecule has 0 saturated heterocycles. The number of hydrogen-bond acceptors (Lipinski definition) is 0. The molecule has 0 aromatic rings. The molecule has 1 aliphatic rings. The van der Waals surface area contributed by atoms with Crippen LogP contribution in [0.4, 0.5) is 39.5 Å². The van der Waals surface area contributed by atoms with Gasteiger partial charge in [-0.3, -0.25) is 0 Å². The van der Waals surface area contributed by atoms with Crippen LogP contribution in [0.25, 0.3) is 0 Å². The van der Waals surface area contributed by atoms with E-state index in [1.807, 2.05) is 0 Å². The number of rotatable bonds is 3. The molecule has 0 atom stereocenters. The summed E-state index contributed by atoms with van der Waals surface area (Å²) in [7, 11) is 0. The van der Waals surface area contributed by atoms with Gasteiger partial charge in [0, 0.05) is 5.57 Å². The first-order valence-electron chi connectivity index (χ1n) is 5.25. The molecular formula is C10H9F9. The molecule has 0 unspecified atom stereocenters. The van der Waals surface area contributed by atoms with Gasteiger partial charge < -0.3 is 0 Å². The van der Waals surface area contributed by atoms with Crippen molar-refractivity contribution in [2.24, 2.45) is 0 Å². The lowest BCUT2D eigenvalue weighted by atomic mass is 9.89. The number of alkyl halides is 9. The van der Waals surface area contributed by atoms with Gasteiger partial charge in [0.05, 0.1) is 0 Å². The molecule has 112 valence electrons. The molecule has 0 aromatic carbocycles. The van der Waals surface area contributed by atoms with Crippen LogP contribution in [0.5, 0.6) is 0 Å². The lowest BCUT2D eigenvalue weighted by Gasteiger charge is -2.35. The second kappa shape index (κ2) is 4.59. The Kier molecular flexibility index (Phi) is 3.90. The fourth-order valence-corrected chi connectivity index (χ4v) is 1.70. The van der Waals surface area contributed by atoms with E-state index in [0.29, 0.717) is 12.5 Å². The summed E-state index contributed by atoms with van der Waals surface area (Å²) in [5.74, 6) is -18.9. The van der Waals surface area contributed by atoms with Gasteiger partial charge in [-0.1, -0.05) is 6.08 Å². The van der Waals surface area contributed by atoms with Crippen molar-refractivity contribution < 1.29 is 39.5 Å². The van der Waals surface area contributed by atoms with Crippen molar-refractivity contribution in [2.75, 3.05) is 0 Å². The fourth-order valence-electron chi connectivity index (χ4n) is 1.70. The van der Waals surface area contributed by atoms with Crippen LogP contribution in [-0.2, 0) is 0 Å². The summed E-state index contributed by atoms with van der Waals surface area (Å²) in [5, 5.41) is 0. The third-order valence-corrected chi connectivity index (χ3v) is 2.84. The number of hydrogen-bond donors (Lipinski definition) is 0. The van der Waals surface area contributed by atoms with Gasteiger partial charge in [0.15, 0.2) is 0 Å². The molecule has 1 rings (SSSR count). The van der Waals surface area contributed by atoms with E-state index in [9.17, 15) is 39.5 Å². The van der Waals surface area contributed by atoms with Crippen molar-refractivity contribution in [3.8, 4) is 0 Å². The highest BCUT2D eigenvalue weighted by atomic mass is 19.4. The van der Waals surface area contributed by atoms with Gasteiger partial charge >= 0.3 is 23.9 Å². The third kappa shape index (κ3) is 2.43. The summed E-state index contributed by atoms with van der Waals surface area (Å²) in [6.45, 7) is 0. The highest BCUT2D eigenvalue weighted by Crippen LogP contribution is 2.56. The Morgan fingerprint density at radius 1 is 0.737 bits per heavy atom. The van der Waals surface area contributed by atoms with Crippen LogP contribution < -0.4 is 0 Å². The molecule has 0 aliphatic heterocycles. The second-order valence-corrected chi connectivity index (χ2v) is 4.20. The molecule has 19 heavy (non-hydrogen) atoms. The lowest BCUT2D eigenvalue weighted by Crippen LogP contribution is -2.61. The van der Waals surface area contributed by atoms with Gasteiger partial charge in [0.25, 0.3) is 0 Å². The molecule has 0 saturated carbocycles. The van der Waals surface area contributed by atoms with Gasteiger partial charge in [-0.05, 0) is 25.7 Å². The molecular weight excluding hydrogens is 291 g/mol. The molecule has 0 bridgehead atoms. The van der Waals surface area contributed by atoms with Crippen molar-refractivity contribution in [2.45, 2.75) is 49.6 Å². The Labute approximate surface area is 102 Å². The minimum absolute atomic E-state index is 0.0368. The maximum Gasteiger partial charge on any atom is 0.460 e. The van der Waals surface area contributed by atoms with Gasteiger partial charge in [-0.25, -0.2) is 0 Å². The summed E-state index contributed by atoms with van der Waals surface area (Å²) in [6, 6.07) is 0. The van der Waals surface area contributed by atoms with E-state index >= 15 is 0 Å². The molecule has 0 N–H and O–H groups in total. The average molecular weight is 300 g/mol. The first kappa shape index (κ1) is 16.2.